The molecule has 3 aromatic heterocycles. The zero-order chi connectivity index (χ0) is 28.6. The molecule has 1 aromatic carbocycles. The number of aromatic nitrogens is 5. The van der Waals surface area contributed by atoms with Gasteiger partial charge in [0.2, 0.25) is 0 Å². The van der Waals surface area contributed by atoms with Gasteiger partial charge in [0.05, 0.1) is 28.0 Å². The lowest BCUT2D eigenvalue weighted by molar-refractivity contribution is -0.136. The van der Waals surface area contributed by atoms with Crippen LogP contribution in [0.25, 0.3) is 11.2 Å². The van der Waals surface area contributed by atoms with Crippen LogP contribution in [0, 0.1) is 5.92 Å². The maximum Gasteiger partial charge on any atom is 0.496 e. The highest BCUT2D eigenvalue weighted by molar-refractivity contribution is 6.62. The van der Waals surface area contributed by atoms with E-state index in [9.17, 15) is 18.0 Å². The minimum atomic E-state index is -4.70. The van der Waals surface area contributed by atoms with Crippen LogP contribution in [0.4, 0.5) is 13.2 Å². The summed E-state index contributed by atoms with van der Waals surface area (Å²) in [6.45, 7) is 7.29. The number of benzene rings is 1. The van der Waals surface area contributed by atoms with E-state index in [1.807, 2.05) is 57.5 Å². The molecule has 0 unspecified atom stereocenters. The molecule has 12 heteroatoms. The third kappa shape index (κ3) is 4.28. The number of imidazole rings is 1. The van der Waals surface area contributed by atoms with Crippen molar-refractivity contribution in [3.8, 4) is 5.69 Å². The molecule has 6 rings (SSSR count). The van der Waals surface area contributed by atoms with Gasteiger partial charge in [-0.05, 0) is 75.7 Å². The molecule has 40 heavy (non-hydrogen) atoms. The lowest BCUT2D eigenvalue weighted by atomic mass is 9.72. The van der Waals surface area contributed by atoms with Gasteiger partial charge in [0.25, 0.3) is 0 Å². The predicted molar refractivity (Wildman–Crippen MR) is 144 cm³/mol. The first-order valence-electron chi connectivity index (χ1n) is 13.4. The Morgan fingerprint density at radius 2 is 1.77 bits per heavy atom. The van der Waals surface area contributed by atoms with E-state index in [1.165, 1.54) is 17.0 Å². The molecule has 8 nitrogen and oxygen atoms in total. The molecule has 2 fully saturated rings. The molecule has 210 valence electrons. The van der Waals surface area contributed by atoms with Crippen LogP contribution >= 0.6 is 0 Å². The molecule has 1 saturated heterocycles. The first-order valence-corrected chi connectivity index (χ1v) is 13.4. The Balaban J connectivity index is 1.47. The fourth-order valence-corrected chi connectivity index (χ4v) is 5.58. The molecule has 0 N–H and O–H groups in total. The van der Waals surface area contributed by atoms with Gasteiger partial charge in [-0.25, -0.2) is 4.79 Å². The van der Waals surface area contributed by atoms with Crippen LogP contribution in [-0.2, 0) is 22.5 Å². The zero-order valence-corrected chi connectivity index (χ0v) is 23.1. The maximum absolute atomic E-state index is 14.3. The van der Waals surface area contributed by atoms with Crippen molar-refractivity contribution in [1.82, 2.24) is 23.7 Å². The molecule has 0 bridgehead atoms. The number of hydrogen-bond donors (Lipinski definition) is 0. The first-order chi connectivity index (χ1) is 18.8. The number of nitrogens with zero attached hydrogens (tertiary/aromatic N) is 5. The molecule has 0 amide bonds. The Kier molecular flexibility index (Phi) is 6.08. The SMILES string of the molecule is Cn1cnnc1[C@@H](c1cccc(-n2cc3c(C(F)(F)F)cc(B4OC(C)(C)C(C)(C)O4)cn3c2=O)c1)C1CCC1. The van der Waals surface area contributed by atoms with Crippen molar-refractivity contribution in [2.45, 2.75) is 70.3 Å². The normalized spacial score (nSPS) is 19.8. The monoisotopic (exact) mass is 553 g/mol. The van der Waals surface area contributed by atoms with Gasteiger partial charge in [0.1, 0.15) is 12.2 Å². The minimum absolute atomic E-state index is 0.0327. The summed E-state index contributed by atoms with van der Waals surface area (Å²) in [5.41, 5.74) is -1.75. The van der Waals surface area contributed by atoms with Crippen molar-refractivity contribution < 1.29 is 22.5 Å². The fourth-order valence-electron chi connectivity index (χ4n) is 5.58. The van der Waals surface area contributed by atoms with E-state index in [2.05, 4.69) is 10.2 Å². The van der Waals surface area contributed by atoms with Crippen molar-refractivity contribution in [3.05, 3.63) is 76.5 Å². The van der Waals surface area contributed by atoms with Crippen molar-refractivity contribution >= 4 is 18.1 Å². The van der Waals surface area contributed by atoms with Gasteiger partial charge in [0, 0.05) is 25.4 Å². The van der Waals surface area contributed by atoms with Crippen molar-refractivity contribution in [2.75, 3.05) is 0 Å². The summed E-state index contributed by atoms with van der Waals surface area (Å²) in [7, 11) is 0.843. The Morgan fingerprint density at radius 3 is 2.35 bits per heavy atom. The van der Waals surface area contributed by atoms with Gasteiger partial charge in [-0.15, -0.1) is 10.2 Å². The summed E-state index contributed by atoms with van der Waals surface area (Å²) in [6, 6.07) is 8.39. The van der Waals surface area contributed by atoms with Gasteiger partial charge < -0.3 is 13.9 Å². The van der Waals surface area contributed by atoms with Crippen molar-refractivity contribution in [2.24, 2.45) is 13.0 Å². The predicted octanol–water partition coefficient (Wildman–Crippen LogP) is 4.47. The fraction of sp³-hybridized carbons (Fsp3) is 0.464. The van der Waals surface area contributed by atoms with Crippen LogP contribution in [0.2, 0.25) is 0 Å². The van der Waals surface area contributed by atoms with E-state index in [-0.39, 0.29) is 16.9 Å². The summed E-state index contributed by atoms with van der Waals surface area (Å²) >= 11 is 0. The highest BCUT2D eigenvalue weighted by Crippen LogP contribution is 2.43. The number of aryl methyl sites for hydroxylation is 1. The second kappa shape index (κ2) is 9.07. The average molecular weight is 553 g/mol. The maximum atomic E-state index is 14.3. The molecule has 4 heterocycles. The van der Waals surface area contributed by atoms with E-state index in [4.69, 9.17) is 9.31 Å². The van der Waals surface area contributed by atoms with Crippen LogP contribution in [0.3, 0.4) is 0 Å². The summed E-state index contributed by atoms with van der Waals surface area (Å²) in [4.78, 5) is 13.6. The quantitative estimate of drug-likeness (QED) is 0.341. The standard InChI is InChI=1S/C28H31BF3N5O3/c1-26(2)27(3,4)40-29(39-26)19-13-21(28(30,31)32)22-15-36(25(38)37(22)14-19)20-11-7-10-18(12-20)23(17-8-6-9-17)24-34-33-16-35(24)5/h7,10-17,23H,6,8-9H2,1-5H3/t23-/m1/s1. The largest absolute Gasteiger partial charge is 0.496 e. The van der Waals surface area contributed by atoms with Crippen LogP contribution in [0.15, 0.2) is 53.8 Å². The summed E-state index contributed by atoms with van der Waals surface area (Å²) in [6.07, 6.45) is 2.82. The van der Waals surface area contributed by atoms with Gasteiger partial charge >= 0.3 is 19.0 Å². The number of alkyl halides is 3. The van der Waals surface area contributed by atoms with Crippen molar-refractivity contribution in [1.29, 1.82) is 0 Å². The number of fused-ring (bicyclic) bond motifs is 1. The molecular formula is C28H31BF3N5O3. The van der Waals surface area contributed by atoms with E-state index in [0.29, 0.717) is 11.6 Å². The molecule has 4 aromatic rings. The first kappa shape index (κ1) is 26.8. The third-order valence-electron chi connectivity index (χ3n) is 8.77. The van der Waals surface area contributed by atoms with Gasteiger partial charge in [0.15, 0.2) is 0 Å². The zero-order valence-electron chi connectivity index (χ0n) is 23.1. The summed E-state index contributed by atoms with van der Waals surface area (Å²) < 4.78 is 59.1. The number of pyridine rings is 1. The highest BCUT2D eigenvalue weighted by atomic mass is 19.4. The van der Waals surface area contributed by atoms with Crippen LogP contribution < -0.4 is 11.2 Å². The molecule has 0 radical (unpaired) electrons. The van der Waals surface area contributed by atoms with Crippen LogP contribution in [0.1, 0.15) is 69.8 Å². The van der Waals surface area contributed by atoms with Crippen LogP contribution in [-0.4, -0.2) is 42.1 Å². The van der Waals surface area contributed by atoms with E-state index >= 15 is 0 Å². The smallest absolute Gasteiger partial charge is 0.399 e. The third-order valence-corrected chi connectivity index (χ3v) is 8.77. The molecule has 0 spiro atoms. The van der Waals surface area contributed by atoms with E-state index in [0.717, 1.165) is 41.1 Å². The van der Waals surface area contributed by atoms with Gasteiger partial charge in [-0.3, -0.25) is 8.97 Å². The van der Waals surface area contributed by atoms with Gasteiger partial charge in [-0.1, -0.05) is 18.6 Å². The molecular weight excluding hydrogens is 522 g/mol. The topological polar surface area (TPSA) is 75.6 Å². The van der Waals surface area contributed by atoms with Gasteiger partial charge in [-0.2, -0.15) is 13.2 Å². The molecule has 1 atom stereocenters. The Labute approximate surface area is 229 Å². The highest BCUT2D eigenvalue weighted by Gasteiger charge is 2.52. The Hall–Kier alpha value is -3.38. The molecule has 1 saturated carbocycles. The molecule has 2 aliphatic rings. The average Bonchev–Trinajstić information content (AvgIpc) is 3.48. The minimum Gasteiger partial charge on any atom is -0.399 e. The van der Waals surface area contributed by atoms with Crippen LogP contribution in [0.5, 0.6) is 0 Å². The van der Waals surface area contributed by atoms with E-state index in [1.54, 1.807) is 12.4 Å². The lowest BCUT2D eigenvalue weighted by Crippen LogP contribution is -2.41. The Bertz CT molecular complexity index is 1630. The summed E-state index contributed by atoms with van der Waals surface area (Å²) in [5, 5.41) is 8.40. The second-order valence-corrected chi connectivity index (χ2v) is 11.9. The Morgan fingerprint density at radius 1 is 1.07 bits per heavy atom. The van der Waals surface area contributed by atoms with Crippen molar-refractivity contribution in [3.63, 3.8) is 0 Å². The molecule has 1 aliphatic carbocycles. The number of halogens is 3. The number of hydrogen-bond acceptors (Lipinski definition) is 5. The van der Waals surface area contributed by atoms with E-state index < -0.39 is 35.7 Å². The number of rotatable bonds is 5. The molecule has 1 aliphatic heterocycles. The second-order valence-electron chi connectivity index (χ2n) is 11.9. The lowest BCUT2D eigenvalue weighted by Gasteiger charge is -2.33. The summed E-state index contributed by atoms with van der Waals surface area (Å²) in [5.74, 6) is 1.17.